The van der Waals surface area contributed by atoms with Gasteiger partial charge in [0.05, 0.1) is 27.6 Å². The molecule has 10 nitrogen and oxygen atoms in total. The van der Waals surface area contributed by atoms with E-state index in [-0.39, 0.29) is 24.0 Å². The van der Waals surface area contributed by atoms with Crippen LogP contribution in [0.4, 0.5) is 5.69 Å². The van der Waals surface area contributed by atoms with Gasteiger partial charge in [-0.2, -0.15) is 5.43 Å². The molecule has 11 heteroatoms. The molecule has 2 aliphatic heterocycles. The fourth-order valence-electron chi connectivity index (χ4n) is 3.50. The Kier molecular flexibility index (Phi) is 3.60. The highest BCUT2D eigenvalue weighted by Gasteiger charge is 2.35. The van der Waals surface area contributed by atoms with Gasteiger partial charge in [0.15, 0.2) is 22.3 Å². The Labute approximate surface area is 161 Å². The lowest BCUT2D eigenvalue weighted by Gasteiger charge is -2.13. The molecular weight excluding hydrogens is 388 g/mol. The molecule has 4 N–H and O–H groups in total. The molecule has 3 aliphatic rings. The van der Waals surface area contributed by atoms with E-state index in [0.29, 0.717) is 27.7 Å². The van der Waals surface area contributed by atoms with Gasteiger partial charge in [0.2, 0.25) is 12.5 Å². The first kappa shape index (κ1) is 16.7. The van der Waals surface area contributed by atoms with Crippen molar-refractivity contribution >= 4 is 34.8 Å². The van der Waals surface area contributed by atoms with Crippen LogP contribution in [0.2, 0.25) is 0 Å². The Hall–Kier alpha value is -3.44. The third-order valence-electron chi connectivity index (χ3n) is 4.75. The predicted molar refractivity (Wildman–Crippen MR) is 97.8 cm³/mol. The summed E-state index contributed by atoms with van der Waals surface area (Å²) in [4.78, 5) is 23.3. The molecule has 2 aromatic rings. The number of fused-ring (bicyclic) bond motifs is 3. The molecule has 5 rings (SSSR count). The maximum atomic E-state index is 11.9. The van der Waals surface area contributed by atoms with Gasteiger partial charge in [-0.3, -0.25) is 14.9 Å². The van der Waals surface area contributed by atoms with Crippen LogP contribution in [0.5, 0.6) is 22.3 Å². The Morgan fingerprint density at radius 3 is 2.86 bits per heavy atom. The molecule has 1 aromatic heterocycles. The molecule has 0 saturated carbocycles. The topological polar surface area (TPSA) is 143 Å². The number of ether oxygens (including phenoxy) is 3. The predicted octanol–water partition coefficient (Wildman–Crippen LogP) is 1.50. The SMILES string of the molecule is NC(=O)c1sc(Oc2cc3c(cc2[N+](=O)[O-])OCO3)c2c1CCC1=C2[NH2+]N=C1. The van der Waals surface area contributed by atoms with Crippen molar-refractivity contribution in [2.24, 2.45) is 10.8 Å². The molecule has 1 amide bonds. The van der Waals surface area contributed by atoms with Crippen molar-refractivity contribution in [3.63, 3.8) is 0 Å². The maximum Gasteiger partial charge on any atom is 0.315 e. The molecule has 0 atom stereocenters. The molecule has 0 bridgehead atoms. The molecule has 28 heavy (non-hydrogen) atoms. The van der Waals surface area contributed by atoms with Crippen LogP contribution in [-0.4, -0.2) is 23.8 Å². The molecule has 0 radical (unpaired) electrons. The quantitative estimate of drug-likeness (QED) is 0.451. The van der Waals surface area contributed by atoms with Crippen LogP contribution in [0.1, 0.15) is 27.2 Å². The molecule has 3 heterocycles. The van der Waals surface area contributed by atoms with E-state index < -0.39 is 10.8 Å². The number of thiophene rings is 1. The summed E-state index contributed by atoms with van der Waals surface area (Å²) in [5.41, 5.74) is 10.4. The number of nitrogens with two attached hydrogens (primary N) is 2. The first-order chi connectivity index (χ1) is 13.5. The summed E-state index contributed by atoms with van der Waals surface area (Å²) in [6.45, 7) is -0.0152. The van der Waals surface area contributed by atoms with Gasteiger partial charge in [0.25, 0.3) is 5.91 Å². The number of nitro benzene ring substituents is 1. The monoisotopic (exact) mass is 401 g/mol. The number of rotatable bonds is 4. The summed E-state index contributed by atoms with van der Waals surface area (Å²) in [6.07, 6.45) is 3.13. The Morgan fingerprint density at radius 1 is 1.32 bits per heavy atom. The lowest BCUT2D eigenvalue weighted by molar-refractivity contribution is -0.565. The molecular formula is C17H13N4O6S+. The number of carbonyl (C=O) groups is 1. The largest absolute Gasteiger partial charge is 0.453 e. The van der Waals surface area contributed by atoms with E-state index in [1.165, 1.54) is 12.1 Å². The van der Waals surface area contributed by atoms with Gasteiger partial charge in [0.1, 0.15) is 0 Å². The second-order valence-electron chi connectivity index (χ2n) is 6.31. The summed E-state index contributed by atoms with van der Waals surface area (Å²) in [5.74, 6) is 0.0876. The minimum atomic E-state index is -0.556. The number of benzene rings is 1. The van der Waals surface area contributed by atoms with Crippen LogP contribution >= 0.6 is 11.3 Å². The highest BCUT2D eigenvalue weighted by Crippen LogP contribution is 2.48. The van der Waals surface area contributed by atoms with Gasteiger partial charge in [-0.15, -0.1) is 0 Å². The van der Waals surface area contributed by atoms with Gasteiger partial charge >= 0.3 is 5.69 Å². The van der Waals surface area contributed by atoms with Crippen LogP contribution in [0, 0.1) is 10.1 Å². The minimum Gasteiger partial charge on any atom is -0.453 e. The van der Waals surface area contributed by atoms with Crippen molar-refractivity contribution in [1.82, 2.24) is 0 Å². The fourth-order valence-corrected chi connectivity index (χ4v) is 4.58. The normalized spacial score (nSPS) is 16.1. The van der Waals surface area contributed by atoms with E-state index in [4.69, 9.17) is 19.9 Å². The molecule has 0 spiro atoms. The molecule has 1 aromatic carbocycles. The van der Waals surface area contributed by atoms with E-state index in [9.17, 15) is 14.9 Å². The van der Waals surface area contributed by atoms with Crippen molar-refractivity contribution in [3.05, 3.63) is 43.8 Å². The van der Waals surface area contributed by atoms with Gasteiger partial charge in [-0.1, -0.05) is 16.4 Å². The average Bonchev–Trinajstić information content (AvgIpc) is 3.38. The highest BCUT2D eigenvalue weighted by atomic mass is 32.1. The van der Waals surface area contributed by atoms with E-state index in [2.05, 4.69) is 5.10 Å². The summed E-state index contributed by atoms with van der Waals surface area (Å²) in [7, 11) is 0. The Balaban J connectivity index is 1.65. The molecule has 142 valence electrons. The van der Waals surface area contributed by atoms with Gasteiger partial charge < -0.3 is 19.9 Å². The second kappa shape index (κ2) is 6.04. The molecule has 0 unspecified atom stereocenters. The summed E-state index contributed by atoms with van der Waals surface area (Å²) >= 11 is 1.08. The molecule has 0 fully saturated rings. The van der Waals surface area contributed by atoms with Crippen molar-refractivity contribution < 1.29 is 29.4 Å². The highest BCUT2D eigenvalue weighted by molar-refractivity contribution is 7.16. The number of amides is 1. The number of primary amides is 1. The zero-order valence-electron chi connectivity index (χ0n) is 14.3. The first-order valence-corrected chi connectivity index (χ1v) is 9.16. The maximum absolute atomic E-state index is 11.9. The second-order valence-corrected chi connectivity index (χ2v) is 7.30. The van der Waals surface area contributed by atoms with Gasteiger partial charge in [0, 0.05) is 11.6 Å². The number of nitro groups is 1. The van der Waals surface area contributed by atoms with Gasteiger partial charge in [-0.05, 0) is 18.4 Å². The summed E-state index contributed by atoms with van der Waals surface area (Å²) < 4.78 is 16.5. The number of hydrogen-bond acceptors (Lipinski definition) is 8. The fraction of sp³-hybridized carbons (Fsp3) is 0.176. The van der Waals surface area contributed by atoms with Crippen LogP contribution < -0.4 is 25.4 Å². The zero-order chi connectivity index (χ0) is 19.4. The first-order valence-electron chi connectivity index (χ1n) is 8.34. The van der Waals surface area contributed by atoms with Gasteiger partial charge in [-0.25, -0.2) is 0 Å². The lowest BCUT2D eigenvalue weighted by Crippen LogP contribution is -2.73. The van der Waals surface area contributed by atoms with E-state index in [1.807, 2.05) is 0 Å². The van der Waals surface area contributed by atoms with E-state index >= 15 is 0 Å². The Morgan fingerprint density at radius 2 is 2.11 bits per heavy atom. The van der Waals surface area contributed by atoms with Crippen molar-refractivity contribution in [1.29, 1.82) is 0 Å². The third-order valence-corrected chi connectivity index (χ3v) is 5.87. The smallest absolute Gasteiger partial charge is 0.315 e. The number of allylic oxidation sites excluding steroid dienone is 1. The standard InChI is InChI=1S/C17H12N4O6S/c18-16(22)15-8-2-1-7-5-19-20-14(7)13(8)17(28-15)27-10-4-12-11(25-6-26-12)3-9(10)21(23)24/h3-5H,1-2,6H2,(H2,18,22)(H,19,20)/p+1. The lowest BCUT2D eigenvalue weighted by atomic mass is 9.91. The molecule has 1 aliphatic carbocycles. The number of quaternary nitrogens is 1. The summed E-state index contributed by atoms with van der Waals surface area (Å²) in [6, 6.07) is 2.69. The van der Waals surface area contributed by atoms with E-state index in [0.717, 1.165) is 34.6 Å². The number of nitrogens with zero attached hydrogens (tertiary/aromatic N) is 2. The number of hydrogen-bond donors (Lipinski definition) is 2. The van der Waals surface area contributed by atoms with Crippen LogP contribution in [0.3, 0.4) is 0 Å². The van der Waals surface area contributed by atoms with Crippen molar-refractivity contribution in [2.45, 2.75) is 12.8 Å². The zero-order valence-corrected chi connectivity index (χ0v) is 15.1. The third kappa shape index (κ3) is 2.44. The minimum absolute atomic E-state index is 0.000888. The average molecular weight is 401 g/mol. The van der Waals surface area contributed by atoms with Crippen molar-refractivity contribution in [2.75, 3.05) is 6.79 Å². The van der Waals surface area contributed by atoms with E-state index in [1.54, 1.807) is 11.6 Å². The van der Waals surface area contributed by atoms with Crippen LogP contribution in [-0.2, 0) is 6.42 Å². The summed E-state index contributed by atoms with van der Waals surface area (Å²) in [5, 5.41) is 16.1. The number of carbonyl (C=O) groups excluding carboxylic acids is 1. The Bertz CT molecular complexity index is 1120. The van der Waals surface area contributed by atoms with Crippen molar-refractivity contribution in [3.8, 4) is 22.3 Å². The van der Waals surface area contributed by atoms with Crippen LogP contribution in [0.15, 0.2) is 22.8 Å². The van der Waals surface area contributed by atoms with Crippen LogP contribution in [0.25, 0.3) is 5.70 Å². The molecule has 0 saturated heterocycles.